The fourth-order valence-corrected chi connectivity index (χ4v) is 1.84. The lowest BCUT2D eigenvalue weighted by Crippen LogP contribution is -2.34. The average molecular weight is 335 g/mol. The second-order valence-electron chi connectivity index (χ2n) is 4.38. The zero-order chi connectivity index (χ0) is 16.8. The van der Waals surface area contributed by atoms with Crippen molar-refractivity contribution in [3.8, 4) is 11.5 Å². The molecule has 2 aromatic carbocycles. The Morgan fingerprint density at radius 1 is 1.17 bits per heavy atom. The van der Waals surface area contributed by atoms with Crippen LogP contribution < -0.4 is 21.1 Å². The molecular weight excluding hydrogens is 321 g/mol. The Bertz CT molecular complexity index is 722. The summed E-state index contributed by atoms with van der Waals surface area (Å²) in [4.78, 5) is 11.1. The predicted molar refractivity (Wildman–Crippen MR) is 89.1 cm³/mol. The second-order valence-corrected chi connectivity index (χ2v) is 4.78. The number of hydrogen-bond acceptors (Lipinski definition) is 5. The van der Waals surface area contributed by atoms with E-state index in [1.807, 2.05) is 0 Å². The van der Waals surface area contributed by atoms with Crippen molar-refractivity contribution in [3.05, 3.63) is 48.3 Å². The Hall–Kier alpha value is -2.87. The van der Waals surface area contributed by atoms with Crippen LogP contribution in [0.1, 0.15) is 0 Å². The molecule has 0 fully saturated rings. The number of amides is 1. The third kappa shape index (κ3) is 4.82. The first-order valence-corrected chi connectivity index (χ1v) is 6.87. The van der Waals surface area contributed by atoms with Crippen LogP contribution >= 0.6 is 12.2 Å². The molecule has 120 valence electrons. The van der Waals surface area contributed by atoms with Gasteiger partial charge in [0.25, 0.3) is 0 Å². The van der Waals surface area contributed by atoms with Crippen LogP contribution in [0.3, 0.4) is 0 Å². The van der Waals surface area contributed by atoms with E-state index < -0.39 is 6.09 Å². The smallest absolute Gasteiger partial charge is 0.413 e. The van der Waals surface area contributed by atoms with Crippen molar-refractivity contribution in [1.29, 1.82) is 0 Å². The van der Waals surface area contributed by atoms with Crippen LogP contribution in [0.5, 0.6) is 11.5 Å². The summed E-state index contributed by atoms with van der Waals surface area (Å²) >= 11 is 4.96. The molecule has 0 spiro atoms. The van der Waals surface area contributed by atoms with Gasteiger partial charge < -0.3 is 20.5 Å². The summed E-state index contributed by atoms with van der Waals surface area (Å²) in [7, 11) is 1.23. The Labute approximate surface area is 137 Å². The molecule has 1 amide bonds. The quantitative estimate of drug-likeness (QED) is 0.590. The SMILES string of the molecule is COC(=O)NC(=S)Nc1cc(Oc2ccc(F)cc2)ccc1N. The summed E-state index contributed by atoms with van der Waals surface area (Å²) in [6.07, 6.45) is -0.695. The van der Waals surface area contributed by atoms with E-state index in [0.29, 0.717) is 22.9 Å². The van der Waals surface area contributed by atoms with E-state index in [1.165, 1.54) is 31.4 Å². The standard InChI is InChI=1S/C15H14FN3O3S/c1-21-15(20)19-14(23)18-13-8-11(6-7-12(13)17)22-10-4-2-9(16)3-5-10/h2-8H,17H2,1H3,(H2,18,19,20,23). The lowest BCUT2D eigenvalue weighted by molar-refractivity contribution is 0.177. The fraction of sp³-hybridized carbons (Fsp3) is 0.0667. The normalized spacial score (nSPS) is 9.83. The first kappa shape index (κ1) is 16.5. The number of thiocarbonyl (C=S) groups is 1. The first-order valence-electron chi connectivity index (χ1n) is 6.47. The lowest BCUT2D eigenvalue weighted by atomic mass is 10.2. The predicted octanol–water partition coefficient (Wildman–Crippen LogP) is 3.25. The zero-order valence-corrected chi connectivity index (χ0v) is 12.9. The number of carbonyl (C=O) groups is 1. The molecule has 0 bridgehead atoms. The molecule has 0 aliphatic heterocycles. The monoisotopic (exact) mass is 335 g/mol. The van der Waals surface area contributed by atoms with Gasteiger partial charge in [-0.1, -0.05) is 0 Å². The lowest BCUT2D eigenvalue weighted by Gasteiger charge is -2.13. The van der Waals surface area contributed by atoms with Crippen LogP contribution in [0.2, 0.25) is 0 Å². The summed E-state index contributed by atoms with van der Waals surface area (Å²) in [6.45, 7) is 0. The van der Waals surface area contributed by atoms with Crippen molar-refractivity contribution >= 4 is 34.8 Å². The molecule has 8 heteroatoms. The fourth-order valence-electron chi connectivity index (χ4n) is 1.64. The van der Waals surface area contributed by atoms with Gasteiger partial charge in [-0.2, -0.15) is 0 Å². The molecule has 0 heterocycles. The van der Waals surface area contributed by atoms with E-state index in [0.717, 1.165) is 0 Å². The number of nitrogens with two attached hydrogens (primary N) is 1. The summed E-state index contributed by atoms with van der Waals surface area (Å²) in [6, 6.07) is 10.5. The highest BCUT2D eigenvalue weighted by Gasteiger charge is 2.08. The van der Waals surface area contributed by atoms with E-state index in [4.69, 9.17) is 22.7 Å². The third-order valence-corrected chi connectivity index (χ3v) is 2.93. The number of benzene rings is 2. The third-order valence-electron chi connectivity index (χ3n) is 2.72. The molecule has 6 nitrogen and oxygen atoms in total. The molecule has 0 saturated heterocycles. The molecule has 0 aromatic heterocycles. The summed E-state index contributed by atoms with van der Waals surface area (Å²) < 4.78 is 22.9. The molecule has 2 rings (SSSR count). The van der Waals surface area contributed by atoms with Crippen molar-refractivity contribution in [3.63, 3.8) is 0 Å². The van der Waals surface area contributed by atoms with Gasteiger partial charge in [0.05, 0.1) is 18.5 Å². The van der Waals surface area contributed by atoms with Gasteiger partial charge in [0, 0.05) is 6.07 Å². The van der Waals surface area contributed by atoms with Crippen LogP contribution in [0.25, 0.3) is 0 Å². The summed E-state index contributed by atoms with van der Waals surface area (Å²) in [5, 5.41) is 5.10. The van der Waals surface area contributed by atoms with Crippen molar-refractivity contribution in [1.82, 2.24) is 5.32 Å². The van der Waals surface area contributed by atoms with Gasteiger partial charge in [0.1, 0.15) is 17.3 Å². The van der Waals surface area contributed by atoms with Crippen LogP contribution in [0.15, 0.2) is 42.5 Å². The van der Waals surface area contributed by atoms with Crippen molar-refractivity contribution in [2.75, 3.05) is 18.2 Å². The van der Waals surface area contributed by atoms with Gasteiger partial charge in [0.2, 0.25) is 0 Å². The largest absolute Gasteiger partial charge is 0.457 e. The molecule has 23 heavy (non-hydrogen) atoms. The first-order chi connectivity index (χ1) is 11.0. The van der Waals surface area contributed by atoms with E-state index in [1.54, 1.807) is 18.2 Å². The molecule has 4 N–H and O–H groups in total. The minimum atomic E-state index is -0.695. The van der Waals surface area contributed by atoms with Crippen molar-refractivity contribution in [2.24, 2.45) is 0 Å². The van der Waals surface area contributed by atoms with Crippen LogP contribution in [-0.4, -0.2) is 18.3 Å². The van der Waals surface area contributed by atoms with E-state index in [-0.39, 0.29) is 10.9 Å². The van der Waals surface area contributed by atoms with Gasteiger partial charge in [-0.15, -0.1) is 0 Å². The Balaban J connectivity index is 2.10. The molecule has 2 aromatic rings. The number of methoxy groups -OCH3 is 1. The van der Waals surface area contributed by atoms with Gasteiger partial charge in [0.15, 0.2) is 5.11 Å². The summed E-state index contributed by atoms with van der Waals surface area (Å²) in [5.41, 5.74) is 6.70. The van der Waals surface area contributed by atoms with E-state index in [9.17, 15) is 9.18 Å². The number of ether oxygens (including phenoxy) is 2. The van der Waals surface area contributed by atoms with Gasteiger partial charge in [-0.05, 0) is 48.6 Å². The van der Waals surface area contributed by atoms with Crippen LogP contribution in [-0.2, 0) is 4.74 Å². The number of rotatable bonds is 3. The maximum Gasteiger partial charge on any atom is 0.413 e. The average Bonchev–Trinajstić information content (AvgIpc) is 2.52. The maximum absolute atomic E-state index is 12.9. The van der Waals surface area contributed by atoms with E-state index >= 15 is 0 Å². The highest BCUT2D eigenvalue weighted by Crippen LogP contribution is 2.28. The molecular formula is C15H14FN3O3S. The van der Waals surface area contributed by atoms with E-state index in [2.05, 4.69) is 15.4 Å². The van der Waals surface area contributed by atoms with Crippen LogP contribution in [0.4, 0.5) is 20.6 Å². The molecule has 0 saturated carbocycles. The second kappa shape index (κ2) is 7.41. The van der Waals surface area contributed by atoms with Crippen molar-refractivity contribution < 1.29 is 18.7 Å². The molecule has 0 unspecified atom stereocenters. The number of carbonyl (C=O) groups excluding carboxylic acids is 1. The molecule has 0 radical (unpaired) electrons. The molecule has 0 aliphatic rings. The molecule has 0 atom stereocenters. The number of anilines is 2. The number of nitrogens with one attached hydrogen (secondary N) is 2. The number of hydrogen-bond donors (Lipinski definition) is 3. The summed E-state index contributed by atoms with van der Waals surface area (Å²) in [5.74, 6) is 0.586. The zero-order valence-electron chi connectivity index (χ0n) is 12.1. The Morgan fingerprint density at radius 3 is 2.48 bits per heavy atom. The van der Waals surface area contributed by atoms with Gasteiger partial charge in [-0.3, -0.25) is 5.32 Å². The minimum absolute atomic E-state index is 0.0301. The van der Waals surface area contributed by atoms with Gasteiger partial charge >= 0.3 is 6.09 Å². The number of nitrogen functional groups attached to an aromatic ring is 1. The highest BCUT2D eigenvalue weighted by atomic mass is 32.1. The molecule has 0 aliphatic carbocycles. The Morgan fingerprint density at radius 2 is 1.83 bits per heavy atom. The van der Waals surface area contributed by atoms with Gasteiger partial charge in [-0.25, -0.2) is 9.18 Å². The highest BCUT2D eigenvalue weighted by molar-refractivity contribution is 7.80. The van der Waals surface area contributed by atoms with Crippen molar-refractivity contribution in [2.45, 2.75) is 0 Å². The minimum Gasteiger partial charge on any atom is -0.457 e. The van der Waals surface area contributed by atoms with Crippen LogP contribution in [0, 0.1) is 5.82 Å². The topological polar surface area (TPSA) is 85.6 Å². The maximum atomic E-state index is 12.9. The number of halogens is 1. The number of alkyl carbamates (subject to hydrolysis) is 1. The Kier molecular flexibility index (Phi) is 5.32.